The smallest absolute Gasteiger partial charge is 0.319 e. The summed E-state index contributed by atoms with van der Waals surface area (Å²) in [5.41, 5.74) is 1.74. The summed E-state index contributed by atoms with van der Waals surface area (Å²) in [6.45, 7) is 0. The molecular weight excluding hydrogens is 352 g/mol. The molecule has 0 aliphatic carbocycles. The van der Waals surface area contributed by atoms with Crippen LogP contribution >= 0.6 is 15.9 Å². The van der Waals surface area contributed by atoms with E-state index in [9.17, 15) is 14.1 Å². The lowest BCUT2D eigenvalue weighted by Crippen LogP contribution is -2.29. The van der Waals surface area contributed by atoms with Crippen LogP contribution in [0.25, 0.3) is 0 Å². The van der Waals surface area contributed by atoms with Gasteiger partial charge in [-0.3, -0.25) is 9.00 Å². The van der Waals surface area contributed by atoms with Crippen molar-refractivity contribution in [3.8, 4) is 0 Å². The molecule has 0 fully saturated rings. The molecule has 2 unspecified atom stereocenters. The lowest BCUT2D eigenvalue weighted by atomic mass is 10.1. The molecule has 0 heterocycles. The Morgan fingerprint density at radius 2 is 1.71 bits per heavy atom. The lowest BCUT2D eigenvalue weighted by Gasteiger charge is -2.13. The van der Waals surface area contributed by atoms with Gasteiger partial charge in [0.1, 0.15) is 5.25 Å². The van der Waals surface area contributed by atoms with E-state index in [1.165, 1.54) is 0 Å². The van der Waals surface area contributed by atoms with Gasteiger partial charge in [0.2, 0.25) is 0 Å². The van der Waals surface area contributed by atoms with Gasteiger partial charge in [-0.1, -0.05) is 64.5 Å². The van der Waals surface area contributed by atoms with Crippen LogP contribution in [-0.4, -0.2) is 20.5 Å². The summed E-state index contributed by atoms with van der Waals surface area (Å²) in [5, 5.41) is 8.44. The summed E-state index contributed by atoms with van der Waals surface area (Å²) in [4.78, 5) is 11.4. The van der Waals surface area contributed by atoms with Gasteiger partial charge in [-0.15, -0.1) is 0 Å². The van der Waals surface area contributed by atoms with Crippen LogP contribution < -0.4 is 0 Å². The minimum absolute atomic E-state index is 0.227. The van der Waals surface area contributed by atoms with E-state index in [4.69, 9.17) is 0 Å². The standard InChI is InChI=1S/C16H15BrO3S/c17-14-9-5-4-8-13(14)11-21(20)15(16(18)19)10-12-6-2-1-3-7-12/h1-9,15H,10-11H2,(H,18,19). The molecular formula is C16H15BrO3S. The Hall–Kier alpha value is -1.46. The van der Waals surface area contributed by atoms with Gasteiger partial charge in [-0.05, 0) is 23.6 Å². The zero-order valence-corrected chi connectivity index (χ0v) is 13.6. The molecule has 2 atom stereocenters. The highest BCUT2D eigenvalue weighted by Gasteiger charge is 2.25. The van der Waals surface area contributed by atoms with Gasteiger partial charge in [-0.25, -0.2) is 0 Å². The summed E-state index contributed by atoms with van der Waals surface area (Å²) in [6.07, 6.45) is 0.271. The third-order valence-corrected chi connectivity index (χ3v) is 5.48. The Bertz CT molecular complexity index is 643. The van der Waals surface area contributed by atoms with Gasteiger partial charge in [0.15, 0.2) is 0 Å². The molecule has 0 aliphatic heterocycles. The van der Waals surface area contributed by atoms with Gasteiger partial charge >= 0.3 is 5.97 Å². The second-order valence-electron chi connectivity index (χ2n) is 4.63. The molecule has 0 amide bonds. The molecule has 21 heavy (non-hydrogen) atoms. The van der Waals surface area contributed by atoms with E-state index in [1.807, 2.05) is 54.6 Å². The summed E-state index contributed by atoms with van der Waals surface area (Å²) in [5.74, 6) is -0.796. The van der Waals surface area contributed by atoms with Gasteiger partial charge in [-0.2, -0.15) is 0 Å². The zero-order valence-electron chi connectivity index (χ0n) is 11.2. The first-order chi connectivity index (χ1) is 10.1. The summed E-state index contributed by atoms with van der Waals surface area (Å²) >= 11 is 3.40. The number of aliphatic carboxylic acids is 1. The number of carboxylic acids is 1. The van der Waals surface area contributed by atoms with Crippen LogP contribution in [0.15, 0.2) is 59.1 Å². The molecule has 5 heteroatoms. The van der Waals surface area contributed by atoms with Crippen molar-refractivity contribution < 1.29 is 14.1 Å². The second-order valence-corrected chi connectivity index (χ2v) is 7.11. The van der Waals surface area contributed by atoms with Crippen molar-refractivity contribution in [3.63, 3.8) is 0 Å². The molecule has 1 N–H and O–H groups in total. The number of hydrogen-bond acceptors (Lipinski definition) is 2. The SMILES string of the molecule is O=C(O)C(Cc1ccccc1)S(=O)Cc1ccccc1Br. The Morgan fingerprint density at radius 1 is 1.10 bits per heavy atom. The number of rotatable bonds is 6. The Kier molecular flexibility index (Phi) is 5.70. The Morgan fingerprint density at radius 3 is 2.33 bits per heavy atom. The fourth-order valence-electron chi connectivity index (χ4n) is 1.99. The molecule has 2 aromatic rings. The third kappa shape index (κ3) is 4.51. The predicted molar refractivity (Wildman–Crippen MR) is 87.6 cm³/mol. The summed E-state index contributed by atoms with van der Waals surface area (Å²) in [7, 11) is -1.48. The highest BCUT2D eigenvalue weighted by atomic mass is 79.9. The molecule has 0 spiro atoms. The number of carboxylic acid groups (broad SMARTS) is 1. The fourth-order valence-corrected chi connectivity index (χ4v) is 3.96. The minimum Gasteiger partial charge on any atom is -0.480 e. The van der Waals surface area contributed by atoms with Crippen LogP contribution in [0.5, 0.6) is 0 Å². The van der Waals surface area contributed by atoms with Gasteiger partial charge in [0.25, 0.3) is 0 Å². The van der Waals surface area contributed by atoms with Crippen molar-refractivity contribution in [2.24, 2.45) is 0 Å². The molecule has 2 rings (SSSR count). The van der Waals surface area contributed by atoms with Gasteiger partial charge in [0, 0.05) is 15.3 Å². The monoisotopic (exact) mass is 366 g/mol. The molecule has 0 aromatic heterocycles. The molecule has 0 aliphatic rings. The molecule has 3 nitrogen and oxygen atoms in total. The number of hydrogen-bond donors (Lipinski definition) is 1. The predicted octanol–water partition coefficient (Wildman–Crippen LogP) is 3.39. The van der Waals surface area contributed by atoms with Gasteiger partial charge < -0.3 is 5.11 Å². The number of carbonyl (C=O) groups is 1. The van der Waals surface area contributed by atoms with Crippen molar-refractivity contribution in [2.45, 2.75) is 17.4 Å². The molecule has 0 saturated heterocycles. The van der Waals surface area contributed by atoms with Crippen LogP contribution in [0.3, 0.4) is 0 Å². The van der Waals surface area contributed by atoms with E-state index >= 15 is 0 Å². The highest BCUT2D eigenvalue weighted by molar-refractivity contribution is 9.10. The van der Waals surface area contributed by atoms with Crippen LogP contribution in [0.1, 0.15) is 11.1 Å². The zero-order chi connectivity index (χ0) is 15.2. The van der Waals surface area contributed by atoms with E-state index in [2.05, 4.69) is 15.9 Å². The number of halogens is 1. The molecule has 0 saturated carbocycles. The molecule has 110 valence electrons. The van der Waals surface area contributed by atoms with Gasteiger partial charge in [0.05, 0.1) is 5.75 Å². The maximum Gasteiger partial charge on any atom is 0.319 e. The maximum atomic E-state index is 12.4. The van der Waals surface area contributed by atoms with E-state index in [1.54, 1.807) is 0 Å². The van der Waals surface area contributed by atoms with Crippen molar-refractivity contribution in [1.82, 2.24) is 0 Å². The van der Waals surface area contributed by atoms with E-state index in [-0.39, 0.29) is 12.2 Å². The average molecular weight is 367 g/mol. The van der Waals surface area contributed by atoms with Crippen molar-refractivity contribution in [1.29, 1.82) is 0 Å². The number of benzene rings is 2. The molecule has 0 bridgehead atoms. The normalized spacial score (nSPS) is 13.6. The average Bonchev–Trinajstić information content (AvgIpc) is 2.48. The Labute approximate surface area is 134 Å². The first-order valence-electron chi connectivity index (χ1n) is 6.45. The van der Waals surface area contributed by atoms with Crippen molar-refractivity contribution >= 4 is 32.7 Å². The second kappa shape index (κ2) is 7.52. The summed E-state index contributed by atoms with van der Waals surface area (Å²) < 4.78 is 13.3. The highest BCUT2D eigenvalue weighted by Crippen LogP contribution is 2.20. The van der Waals surface area contributed by atoms with Crippen LogP contribution in [-0.2, 0) is 27.8 Å². The van der Waals surface area contributed by atoms with Crippen LogP contribution in [0.2, 0.25) is 0 Å². The van der Waals surface area contributed by atoms with Crippen molar-refractivity contribution in [2.75, 3.05) is 0 Å². The molecule has 0 radical (unpaired) electrons. The minimum atomic E-state index is -1.48. The van der Waals surface area contributed by atoms with E-state index in [0.29, 0.717) is 0 Å². The molecule has 2 aromatic carbocycles. The lowest BCUT2D eigenvalue weighted by molar-refractivity contribution is -0.136. The van der Waals surface area contributed by atoms with E-state index < -0.39 is 22.0 Å². The van der Waals surface area contributed by atoms with Crippen LogP contribution in [0.4, 0.5) is 0 Å². The quantitative estimate of drug-likeness (QED) is 0.852. The Balaban J connectivity index is 2.13. The third-order valence-electron chi connectivity index (χ3n) is 3.11. The largest absolute Gasteiger partial charge is 0.480 e. The maximum absolute atomic E-state index is 12.4. The van der Waals surface area contributed by atoms with Crippen molar-refractivity contribution in [3.05, 3.63) is 70.2 Å². The first kappa shape index (κ1) is 15.9. The topological polar surface area (TPSA) is 54.4 Å². The van der Waals surface area contributed by atoms with Crippen LogP contribution in [0, 0.1) is 0 Å². The fraction of sp³-hybridized carbons (Fsp3) is 0.188. The summed E-state index contributed by atoms with van der Waals surface area (Å²) in [6, 6.07) is 16.7. The first-order valence-corrected chi connectivity index (χ1v) is 8.62. The van der Waals surface area contributed by atoms with E-state index in [0.717, 1.165) is 15.6 Å².